The molecule has 4 N–H and O–H groups in total. The van der Waals surface area contributed by atoms with Gasteiger partial charge in [0, 0.05) is 19.6 Å². The molecule has 0 aromatic heterocycles. The highest BCUT2D eigenvalue weighted by Gasteiger charge is 2.36. The Morgan fingerprint density at radius 1 is 0.439 bits per heavy atom. The lowest BCUT2D eigenvalue weighted by Crippen LogP contribution is -2.36. The molecule has 4 aliphatic rings. The molecule has 0 aliphatic carbocycles. The van der Waals surface area contributed by atoms with E-state index in [-0.39, 0.29) is 13.1 Å². The molecule has 0 unspecified atom stereocenters. The summed E-state index contributed by atoms with van der Waals surface area (Å²) in [6.07, 6.45) is 1.33. The van der Waals surface area contributed by atoms with Crippen molar-refractivity contribution in [1.82, 2.24) is 14.7 Å². The lowest BCUT2D eigenvalue weighted by molar-refractivity contribution is -0.136. The maximum Gasteiger partial charge on any atom is 0.345 e. The van der Waals surface area contributed by atoms with Gasteiger partial charge in [0.25, 0.3) is 0 Å². The quantitative estimate of drug-likeness (QED) is 0.0459. The molecular weight excluding hydrogens is 754 g/mol. The summed E-state index contributed by atoms with van der Waals surface area (Å²) >= 11 is 0. The smallest absolute Gasteiger partial charge is 0.345 e. The first-order valence-electron chi connectivity index (χ1n) is 17.9. The van der Waals surface area contributed by atoms with Crippen molar-refractivity contribution in [2.24, 2.45) is 0 Å². The van der Waals surface area contributed by atoms with Crippen molar-refractivity contribution < 1.29 is 77.7 Å². The second-order valence-electron chi connectivity index (χ2n) is 13.5. The fourth-order valence-corrected chi connectivity index (χ4v) is 6.57. The molecule has 0 bridgehead atoms. The van der Waals surface area contributed by atoms with Crippen molar-refractivity contribution in [3.05, 3.63) is 81.2 Å². The summed E-state index contributed by atoms with van der Waals surface area (Å²) in [5.41, 5.74) is -1.11. The summed E-state index contributed by atoms with van der Waals surface area (Å²) in [4.78, 5) is 102. The highest BCUT2D eigenvalue weighted by atomic mass is 16.6. The van der Waals surface area contributed by atoms with Gasteiger partial charge in [-0.1, -0.05) is 30.3 Å². The Kier molecular flexibility index (Phi) is 14.1. The van der Waals surface area contributed by atoms with E-state index in [0.29, 0.717) is 38.9 Å². The van der Waals surface area contributed by atoms with Crippen molar-refractivity contribution in [3.8, 4) is 0 Å². The van der Waals surface area contributed by atoms with Crippen molar-refractivity contribution >= 4 is 47.0 Å². The molecule has 4 saturated heterocycles. The number of hydrogen-bond donors (Lipinski definition) is 4. The monoisotopic (exact) mass is 795 g/mol. The van der Waals surface area contributed by atoms with Crippen LogP contribution in [-0.4, -0.2) is 167 Å². The van der Waals surface area contributed by atoms with E-state index in [1.54, 1.807) is 0 Å². The molecule has 0 spiro atoms. The summed E-state index contributed by atoms with van der Waals surface area (Å²) < 4.78 is 18.8. The predicted octanol–water partition coefficient (Wildman–Crippen LogP) is -0.333. The molecular formula is C38H41N3O16. The fraction of sp³-hybridized carbons (Fsp3) is 0.421. The van der Waals surface area contributed by atoms with Gasteiger partial charge in [-0.05, 0) is 37.9 Å². The van der Waals surface area contributed by atoms with Crippen LogP contribution in [0.5, 0.6) is 0 Å². The van der Waals surface area contributed by atoms with Gasteiger partial charge in [-0.3, -0.25) is 29.0 Å². The van der Waals surface area contributed by atoms with Crippen LogP contribution in [0.4, 0.5) is 0 Å². The molecule has 1 aromatic carbocycles. The molecule has 1 aromatic rings. The second-order valence-corrected chi connectivity index (χ2v) is 13.5. The first-order chi connectivity index (χ1) is 27.2. The lowest BCUT2D eigenvalue weighted by Gasteiger charge is -2.27. The van der Waals surface area contributed by atoms with Gasteiger partial charge >= 0.3 is 23.9 Å². The second kappa shape index (κ2) is 19.1. The summed E-state index contributed by atoms with van der Waals surface area (Å²) in [7, 11) is 0. The standard InChI is InChI=1S/C38H41N3O16/c42-23(31-27(46)18-54-35(31)50)14-40(15-24(43)32-28(47)19-55-36(32)51)11-4-9-39(13-8-22-6-2-1-3-7-22)10-5-12-41(16-25(44)33-29(48)20-56-37(33)52)17-26(45)34-30(49)21-57-38(34)53/h1-3,6-7,42-45H,4-5,8-21H2/b31-23-,32-24+,33-25+,34-26+. The zero-order valence-corrected chi connectivity index (χ0v) is 30.7. The molecule has 0 radical (unpaired) electrons. The number of aliphatic hydroxyl groups excluding tert-OH is 4. The number of ether oxygens (including phenoxy) is 4. The zero-order valence-electron chi connectivity index (χ0n) is 30.7. The van der Waals surface area contributed by atoms with Crippen LogP contribution in [0.2, 0.25) is 0 Å². The van der Waals surface area contributed by atoms with Crippen LogP contribution in [0.15, 0.2) is 75.7 Å². The lowest BCUT2D eigenvalue weighted by atomic mass is 10.1. The highest BCUT2D eigenvalue weighted by Crippen LogP contribution is 2.20. The van der Waals surface area contributed by atoms with Crippen LogP contribution >= 0.6 is 0 Å². The predicted molar refractivity (Wildman–Crippen MR) is 191 cm³/mol. The summed E-state index contributed by atoms with van der Waals surface area (Å²) in [6, 6.07) is 9.58. The normalized spacial score (nSPS) is 20.8. The Bertz CT molecular complexity index is 1670. The van der Waals surface area contributed by atoms with Crippen molar-refractivity contribution in [2.45, 2.75) is 19.3 Å². The van der Waals surface area contributed by atoms with E-state index >= 15 is 0 Å². The van der Waals surface area contributed by atoms with E-state index in [0.717, 1.165) is 5.56 Å². The maximum absolute atomic E-state index is 12.2. The van der Waals surface area contributed by atoms with Crippen molar-refractivity contribution in [1.29, 1.82) is 0 Å². The first-order valence-corrected chi connectivity index (χ1v) is 17.9. The van der Waals surface area contributed by atoms with Gasteiger partial charge in [0.05, 0.1) is 26.2 Å². The number of aliphatic hydroxyl groups is 4. The average molecular weight is 796 g/mol. The molecule has 5 rings (SSSR count). The minimum Gasteiger partial charge on any atom is -0.510 e. The number of carbonyl (C=O) groups excluding carboxylic acids is 8. The molecule has 19 heteroatoms. The minimum atomic E-state index is -1.01. The van der Waals surface area contributed by atoms with Gasteiger partial charge in [0.2, 0.25) is 23.1 Å². The molecule has 0 atom stereocenters. The minimum absolute atomic E-state index is 0.117. The largest absolute Gasteiger partial charge is 0.510 e. The van der Waals surface area contributed by atoms with E-state index in [9.17, 15) is 58.8 Å². The molecule has 304 valence electrons. The van der Waals surface area contributed by atoms with Crippen LogP contribution in [0.1, 0.15) is 18.4 Å². The highest BCUT2D eigenvalue weighted by molar-refractivity contribution is 6.24. The number of hydrogen-bond acceptors (Lipinski definition) is 19. The number of Topliss-reactive ketones (excluding diaryl/α,β-unsaturated/α-hetero) is 4. The van der Waals surface area contributed by atoms with Crippen LogP contribution in [0, 0.1) is 0 Å². The van der Waals surface area contributed by atoms with E-state index in [4.69, 9.17) is 18.9 Å². The third kappa shape index (κ3) is 10.8. The number of cyclic esters (lactones) is 4. The maximum atomic E-state index is 12.2. The third-order valence-electron chi connectivity index (χ3n) is 9.37. The molecule has 4 aliphatic heterocycles. The Balaban J connectivity index is 1.31. The van der Waals surface area contributed by atoms with Crippen LogP contribution < -0.4 is 0 Å². The van der Waals surface area contributed by atoms with Crippen molar-refractivity contribution in [3.63, 3.8) is 0 Å². The number of carbonyl (C=O) groups is 8. The summed E-state index contributed by atoms with van der Waals surface area (Å²) in [5, 5.41) is 43.1. The van der Waals surface area contributed by atoms with Gasteiger partial charge in [0.1, 0.15) is 45.3 Å². The molecule has 4 heterocycles. The van der Waals surface area contributed by atoms with Gasteiger partial charge in [-0.15, -0.1) is 0 Å². The van der Waals surface area contributed by atoms with Crippen molar-refractivity contribution in [2.75, 3.05) is 85.3 Å². The number of esters is 4. The number of nitrogens with zero attached hydrogens (tertiary/aromatic N) is 3. The Morgan fingerprint density at radius 2 is 0.737 bits per heavy atom. The molecule has 19 nitrogen and oxygen atoms in total. The average Bonchev–Trinajstić information content (AvgIpc) is 3.90. The summed E-state index contributed by atoms with van der Waals surface area (Å²) in [6.45, 7) is -2.26. The first kappa shape index (κ1) is 42.0. The molecule has 0 saturated carbocycles. The third-order valence-corrected chi connectivity index (χ3v) is 9.37. The number of ketones is 4. The van der Waals surface area contributed by atoms with Crippen LogP contribution in [0.25, 0.3) is 0 Å². The Morgan fingerprint density at radius 3 is 1.02 bits per heavy atom. The van der Waals surface area contributed by atoms with Gasteiger partial charge in [-0.2, -0.15) is 0 Å². The van der Waals surface area contributed by atoms with E-state index in [2.05, 4.69) is 4.90 Å². The molecule has 0 amide bonds. The topological polar surface area (TPSA) is 264 Å². The van der Waals surface area contributed by atoms with Gasteiger partial charge < -0.3 is 44.3 Å². The van der Waals surface area contributed by atoms with Gasteiger partial charge in [-0.25, -0.2) is 19.2 Å². The fourth-order valence-electron chi connectivity index (χ4n) is 6.57. The van der Waals surface area contributed by atoms with E-state index in [1.165, 1.54) is 9.80 Å². The zero-order chi connectivity index (χ0) is 41.2. The summed E-state index contributed by atoms with van der Waals surface area (Å²) in [5.74, 6) is -9.38. The Hall–Kier alpha value is -6.18. The molecule has 4 fully saturated rings. The SMILES string of the molecule is O=C1COC(=O)/C1=C(\O)CN(CCCN(CCCN(C/C(O)=C1/C(=O)COC1=O)C/C(O)=C1/C(=O)COC1=O)CCc1ccccc1)C/C(O)=C1/C(=O)COC1=O. The Labute approximate surface area is 325 Å². The van der Waals surface area contributed by atoms with Crippen LogP contribution in [-0.2, 0) is 63.7 Å². The number of rotatable bonds is 19. The number of benzene rings is 1. The van der Waals surface area contributed by atoms with E-state index < -0.39 is 145 Å². The molecule has 57 heavy (non-hydrogen) atoms. The van der Waals surface area contributed by atoms with Crippen LogP contribution in [0.3, 0.4) is 0 Å². The van der Waals surface area contributed by atoms with E-state index in [1.807, 2.05) is 30.3 Å². The van der Waals surface area contributed by atoms with Gasteiger partial charge in [0.15, 0.2) is 26.4 Å².